The van der Waals surface area contributed by atoms with Crippen molar-refractivity contribution < 1.29 is 0 Å². The van der Waals surface area contributed by atoms with E-state index in [4.69, 9.17) is 11.6 Å². The minimum absolute atomic E-state index is 0.845. The van der Waals surface area contributed by atoms with Gasteiger partial charge in [-0.1, -0.05) is 11.6 Å². The number of thiol groups is 1. The first-order chi connectivity index (χ1) is 4.61. The van der Waals surface area contributed by atoms with Gasteiger partial charge < -0.3 is 0 Å². The minimum atomic E-state index is 0.845. The van der Waals surface area contributed by atoms with Crippen molar-refractivity contribution >= 4 is 24.2 Å². The summed E-state index contributed by atoms with van der Waals surface area (Å²) >= 11 is 10.1. The molecule has 0 spiro atoms. The molecule has 0 radical (unpaired) electrons. The van der Waals surface area contributed by atoms with Gasteiger partial charge in [-0.05, 0) is 37.1 Å². The average molecular weight is 173 g/mol. The predicted octanol–water partition coefficient (Wildman–Crippen LogP) is 3.25. The van der Waals surface area contributed by atoms with Gasteiger partial charge in [-0.3, -0.25) is 0 Å². The Kier molecular flexibility index (Phi) is 2.27. The Morgan fingerprint density at radius 3 is 2.00 bits per heavy atom. The molecule has 0 heterocycles. The summed E-state index contributed by atoms with van der Waals surface area (Å²) in [4.78, 5) is 0.972. The molecule has 0 aliphatic carbocycles. The Hall–Kier alpha value is -0.140. The molecular formula is C8H9ClS. The highest BCUT2D eigenvalue weighted by Crippen LogP contribution is 2.22. The van der Waals surface area contributed by atoms with Gasteiger partial charge in [0.2, 0.25) is 0 Å². The van der Waals surface area contributed by atoms with Crippen molar-refractivity contribution in [2.75, 3.05) is 0 Å². The molecule has 10 heavy (non-hydrogen) atoms. The molecule has 0 aliphatic rings. The normalized spacial score (nSPS) is 10.0. The van der Waals surface area contributed by atoms with Crippen LogP contribution in [-0.4, -0.2) is 0 Å². The molecule has 0 saturated heterocycles. The molecular weight excluding hydrogens is 164 g/mol. The van der Waals surface area contributed by atoms with Gasteiger partial charge in [0.05, 0.1) is 0 Å². The lowest BCUT2D eigenvalue weighted by molar-refractivity contribution is 1.30. The van der Waals surface area contributed by atoms with Crippen molar-refractivity contribution in [3.63, 3.8) is 0 Å². The minimum Gasteiger partial charge on any atom is -0.143 e. The maximum Gasteiger partial charge on any atom is 0.0465 e. The Labute approximate surface area is 71.6 Å². The van der Waals surface area contributed by atoms with Crippen molar-refractivity contribution in [3.8, 4) is 0 Å². The van der Waals surface area contributed by atoms with E-state index in [1.54, 1.807) is 0 Å². The number of halogens is 1. The average Bonchev–Trinajstić information content (AvgIpc) is 1.82. The number of hydrogen-bond donors (Lipinski definition) is 1. The summed E-state index contributed by atoms with van der Waals surface area (Å²) in [6.45, 7) is 3.96. The predicted molar refractivity (Wildman–Crippen MR) is 48.2 cm³/mol. The van der Waals surface area contributed by atoms with Crippen LogP contribution in [0.25, 0.3) is 0 Å². The number of aryl methyl sites for hydroxylation is 2. The molecule has 1 rings (SSSR count). The van der Waals surface area contributed by atoms with Gasteiger partial charge >= 0.3 is 0 Å². The molecule has 1 aromatic rings. The van der Waals surface area contributed by atoms with E-state index < -0.39 is 0 Å². The monoisotopic (exact) mass is 172 g/mol. The molecule has 0 amide bonds. The summed E-state index contributed by atoms with van der Waals surface area (Å²) in [5.74, 6) is 0. The number of benzene rings is 1. The zero-order chi connectivity index (χ0) is 7.72. The molecule has 1 aromatic carbocycles. The van der Waals surface area contributed by atoms with Gasteiger partial charge in [0.15, 0.2) is 0 Å². The van der Waals surface area contributed by atoms with Crippen LogP contribution in [0, 0.1) is 13.8 Å². The fourth-order valence-corrected chi connectivity index (χ4v) is 1.42. The second-order valence-electron chi connectivity index (χ2n) is 2.39. The van der Waals surface area contributed by atoms with Gasteiger partial charge in [0.1, 0.15) is 0 Å². The molecule has 0 saturated carbocycles. The quantitative estimate of drug-likeness (QED) is 0.571. The molecule has 0 bridgehead atoms. The molecule has 0 atom stereocenters. The van der Waals surface area contributed by atoms with E-state index in [1.807, 2.05) is 26.0 Å². The van der Waals surface area contributed by atoms with Crippen LogP contribution in [-0.2, 0) is 0 Å². The van der Waals surface area contributed by atoms with E-state index in [0.29, 0.717) is 0 Å². The number of hydrogen-bond acceptors (Lipinski definition) is 1. The lowest BCUT2D eigenvalue weighted by atomic mass is 10.2. The first kappa shape index (κ1) is 7.96. The lowest BCUT2D eigenvalue weighted by Gasteiger charge is -2.02. The van der Waals surface area contributed by atoms with Crippen LogP contribution in [0.15, 0.2) is 17.0 Å². The summed E-state index contributed by atoms with van der Waals surface area (Å²) in [6, 6.07) is 3.91. The van der Waals surface area contributed by atoms with Crippen LogP contribution in [0.1, 0.15) is 11.1 Å². The van der Waals surface area contributed by atoms with Crippen LogP contribution in [0.4, 0.5) is 0 Å². The van der Waals surface area contributed by atoms with Crippen molar-refractivity contribution in [1.29, 1.82) is 0 Å². The van der Waals surface area contributed by atoms with Crippen LogP contribution in [0.2, 0.25) is 5.02 Å². The van der Waals surface area contributed by atoms with Gasteiger partial charge in [0, 0.05) is 9.92 Å². The zero-order valence-corrected chi connectivity index (χ0v) is 7.63. The van der Waals surface area contributed by atoms with E-state index >= 15 is 0 Å². The van der Waals surface area contributed by atoms with E-state index in [9.17, 15) is 0 Å². The van der Waals surface area contributed by atoms with Crippen LogP contribution in [0.5, 0.6) is 0 Å². The Morgan fingerprint density at radius 1 is 1.20 bits per heavy atom. The third-order valence-electron chi connectivity index (χ3n) is 1.42. The van der Waals surface area contributed by atoms with Crippen molar-refractivity contribution in [2.45, 2.75) is 18.7 Å². The summed E-state index contributed by atoms with van der Waals surface area (Å²) in [5, 5.41) is 0.845. The van der Waals surface area contributed by atoms with Gasteiger partial charge in [-0.15, -0.1) is 12.6 Å². The van der Waals surface area contributed by atoms with Gasteiger partial charge in [0.25, 0.3) is 0 Å². The van der Waals surface area contributed by atoms with E-state index in [1.165, 1.54) is 0 Å². The Bertz CT molecular complexity index is 232. The third-order valence-corrected chi connectivity index (χ3v) is 2.28. The highest BCUT2D eigenvalue weighted by Gasteiger charge is 1.98. The molecule has 0 N–H and O–H groups in total. The van der Waals surface area contributed by atoms with Gasteiger partial charge in [-0.2, -0.15) is 0 Å². The van der Waals surface area contributed by atoms with Crippen LogP contribution < -0.4 is 0 Å². The van der Waals surface area contributed by atoms with Crippen molar-refractivity contribution in [2.24, 2.45) is 0 Å². The topological polar surface area (TPSA) is 0 Å². The van der Waals surface area contributed by atoms with E-state index in [-0.39, 0.29) is 0 Å². The highest BCUT2D eigenvalue weighted by atomic mass is 35.5. The highest BCUT2D eigenvalue weighted by molar-refractivity contribution is 7.80. The Balaban J connectivity index is 3.31. The van der Waals surface area contributed by atoms with E-state index in [0.717, 1.165) is 21.0 Å². The van der Waals surface area contributed by atoms with Crippen molar-refractivity contribution in [3.05, 3.63) is 28.3 Å². The SMILES string of the molecule is Cc1cc(S)cc(C)c1Cl. The van der Waals surface area contributed by atoms with Crippen LogP contribution in [0.3, 0.4) is 0 Å². The smallest absolute Gasteiger partial charge is 0.0465 e. The van der Waals surface area contributed by atoms with Gasteiger partial charge in [-0.25, -0.2) is 0 Å². The fourth-order valence-electron chi connectivity index (χ4n) is 0.923. The first-order valence-corrected chi connectivity index (χ1v) is 3.89. The zero-order valence-electron chi connectivity index (χ0n) is 5.98. The molecule has 2 heteroatoms. The molecule has 54 valence electrons. The number of rotatable bonds is 0. The maximum atomic E-state index is 5.92. The summed E-state index contributed by atoms with van der Waals surface area (Å²) in [7, 11) is 0. The molecule has 0 fully saturated rings. The summed E-state index contributed by atoms with van der Waals surface area (Å²) < 4.78 is 0. The second kappa shape index (κ2) is 2.85. The van der Waals surface area contributed by atoms with Crippen LogP contribution >= 0.6 is 24.2 Å². The molecule has 0 nitrogen and oxygen atoms in total. The lowest BCUT2D eigenvalue weighted by Crippen LogP contribution is -1.80. The maximum absolute atomic E-state index is 5.92. The van der Waals surface area contributed by atoms with E-state index in [2.05, 4.69) is 12.6 Å². The molecule has 0 aliphatic heterocycles. The Morgan fingerprint density at radius 2 is 1.60 bits per heavy atom. The summed E-state index contributed by atoms with van der Waals surface area (Å²) in [6.07, 6.45) is 0. The first-order valence-electron chi connectivity index (χ1n) is 3.07. The standard InChI is InChI=1S/C8H9ClS/c1-5-3-7(10)4-6(2)8(5)9/h3-4,10H,1-2H3. The molecule has 0 aromatic heterocycles. The summed E-state index contributed by atoms with van der Waals surface area (Å²) in [5.41, 5.74) is 2.18. The third kappa shape index (κ3) is 1.47. The second-order valence-corrected chi connectivity index (χ2v) is 3.29. The van der Waals surface area contributed by atoms with Crippen molar-refractivity contribution in [1.82, 2.24) is 0 Å². The fraction of sp³-hybridized carbons (Fsp3) is 0.250. The molecule has 0 unspecified atom stereocenters. The largest absolute Gasteiger partial charge is 0.143 e.